The molecule has 0 spiro atoms. The zero-order valence-electron chi connectivity index (χ0n) is 4.32. The summed E-state index contributed by atoms with van der Waals surface area (Å²) in [7, 11) is 0.500. The van der Waals surface area contributed by atoms with Gasteiger partial charge in [0, 0.05) is 0 Å². The number of hydrogen-bond acceptors (Lipinski definition) is 2. The first kappa shape index (κ1) is 6.85. The Morgan fingerprint density at radius 3 is 1.71 bits per heavy atom. The van der Waals surface area contributed by atoms with Gasteiger partial charge < -0.3 is 9.47 Å². The molecule has 0 aliphatic carbocycles. The average molecular weight is 108 g/mol. The van der Waals surface area contributed by atoms with Gasteiger partial charge in [0.1, 0.15) is 6.79 Å². The number of ether oxygens (including phenoxy) is 2. The fourth-order valence-corrected chi connectivity index (χ4v) is 0.295. The van der Waals surface area contributed by atoms with Crippen LogP contribution < -0.4 is 0 Å². The van der Waals surface area contributed by atoms with Crippen molar-refractivity contribution in [3.8, 4) is 0 Å². The quantitative estimate of drug-likeness (QED) is 0.452. The summed E-state index contributed by atoms with van der Waals surface area (Å²) >= 11 is 0. The maximum absolute atomic E-state index is 9.50. The molecule has 3 heteroatoms. The lowest BCUT2D eigenvalue weighted by Crippen LogP contribution is -1.79. The Kier molecular flexibility index (Phi) is 5.72. The third-order valence-electron chi connectivity index (χ3n) is 0.539. The Labute approximate surface area is 42.2 Å². The molecule has 1 aliphatic heterocycles. The summed E-state index contributed by atoms with van der Waals surface area (Å²) < 4.78 is 18.9. The molecule has 2 nitrogen and oxygen atoms in total. The Morgan fingerprint density at radius 1 is 1.14 bits per heavy atom. The van der Waals surface area contributed by atoms with Gasteiger partial charge in [0.05, 0.1) is 20.4 Å². The van der Waals surface area contributed by atoms with E-state index in [4.69, 9.17) is 9.47 Å². The number of rotatable bonds is 0. The van der Waals surface area contributed by atoms with Crippen LogP contribution in [0.4, 0.5) is 4.39 Å². The van der Waals surface area contributed by atoms with Crippen molar-refractivity contribution < 1.29 is 13.9 Å². The third-order valence-corrected chi connectivity index (χ3v) is 0.539. The highest BCUT2D eigenvalue weighted by Gasteiger charge is 1.93. The second-order valence-electron chi connectivity index (χ2n) is 0.934. The summed E-state index contributed by atoms with van der Waals surface area (Å²) in [6.45, 7) is 2.06. The Balaban J connectivity index is 0.000000162. The van der Waals surface area contributed by atoms with Crippen LogP contribution >= 0.6 is 0 Å². The van der Waals surface area contributed by atoms with Gasteiger partial charge in [-0.2, -0.15) is 0 Å². The molecule has 1 aliphatic rings. The molecule has 0 aromatic rings. The van der Waals surface area contributed by atoms with Gasteiger partial charge in [-0.25, -0.2) is 0 Å². The molecule has 0 bridgehead atoms. The van der Waals surface area contributed by atoms with Crippen LogP contribution in [-0.2, 0) is 9.47 Å². The van der Waals surface area contributed by atoms with Crippen LogP contribution in [0, 0.1) is 0 Å². The molecular formula is C4H9FO2. The first-order chi connectivity index (χ1) is 3.50. The summed E-state index contributed by atoms with van der Waals surface area (Å²) in [6.07, 6.45) is 0. The molecule has 1 rings (SSSR count). The number of alkyl halides is 1. The topological polar surface area (TPSA) is 18.5 Å². The SMILES string of the molecule is C1COCO1.CF. The van der Waals surface area contributed by atoms with Crippen LogP contribution in [-0.4, -0.2) is 27.2 Å². The Morgan fingerprint density at radius 2 is 1.57 bits per heavy atom. The van der Waals surface area contributed by atoms with Gasteiger partial charge >= 0.3 is 0 Å². The number of hydrogen-bond donors (Lipinski definition) is 0. The van der Waals surface area contributed by atoms with E-state index in [2.05, 4.69) is 0 Å². The van der Waals surface area contributed by atoms with Crippen LogP contribution in [0.1, 0.15) is 0 Å². The van der Waals surface area contributed by atoms with Crippen LogP contribution in [0.5, 0.6) is 0 Å². The summed E-state index contributed by atoms with van der Waals surface area (Å²) in [5.41, 5.74) is 0. The van der Waals surface area contributed by atoms with E-state index in [0.717, 1.165) is 13.2 Å². The summed E-state index contributed by atoms with van der Waals surface area (Å²) in [4.78, 5) is 0. The van der Waals surface area contributed by atoms with E-state index in [1.807, 2.05) is 0 Å². The van der Waals surface area contributed by atoms with Crippen molar-refractivity contribution in [3.63, 3.8) is 0 Å². The third kappa shape index (κ3) is 3.69. The predicted molar refractivity (Wildman–Crippen MR) is 23.8 cm³/mol. The minimum atomic E-state index is 0.500. The van der Waals surface area contributed by atoms with Crippen molar-refractivity contribution in [1.29, 1.82) is 0 Å². The van der Waals surface area contributed by atoms with Gasteiger partial charge in [0.2, 0.25) is 0 Å². The largest absolute Gasteiger partial charge is 0.353 e. The molecule has 0 atom stereocenters. The van der Waals surface area contributed by atoms with Gasteiger partial charge in [-0.3, -0.25) is 4.39 Å². The van der Waals surface area contributed by atoms with Crippen LogP contribution in [0.25, 0.3) is 0 Å². The van der Waals surface area contributed by atoms with Crippen molar-refractivity contribution in [2.75, 3.05) is 27.2 Å². The fourth-order valence-electron chi connectivity index (χ4n) is 0.295. The molecule has 0 saturated carbocycles. The highest BCUT2D eigenvalue weighted by molar-refractivity contribution is 4.28. The van der Waals surface area contributed by atoms with Crippen LogP contribution in [0.2, 0.25) is 0 Å². The molecule has 0 unspecified atom stereocenters. The molecule has 0 aromatic carbocycles. The van der Waals surface area contributed by atoms with Crippen LogP contribution in [0.15, 0.2) is 0 Å². The van der Waals surface area contributed by atoms with Crippen molar-refractivity contribution in [2.45, 2.75) is 0 Å². The lowest BCUT2D eigenvalue weighted by Gasteiger charge is -1.76. The van der Waals surface area contributed by atoms with E-state index < -0.39 is 0 Å². The lowest BCUT2D eigenvalue weighted by atomic mass is 10.8. The average Bonchev–Trinajstić information content (AvgIpc) is 2.23. The molecule has 1 fully saturated rings. The smallest absolute Gasteiger partial charge is 0.146 e. The predicted octanol–water partition coefficient (Wildman–Crippen LogP) is 0.576. The van der Waals surface area contributed by atoms with Gasteiger partial charge in [-0.1, -0.05) is 0 Å². The van der Waals surface area contributed by atoms with E-state index in [1.54, 1.807) is 0 Å². The maximum atomic E-state index is 9.50. The standard InChI is InChI=1S/C3H6O2.CH3F/c1-2-5-3-4-1;1-2/h1-3H2;1H3. The first-order valence-corrected chi connectivity index (χ1v) is 2.03. The monoisotopic (exact) mass is 108 g/mol. The van der Waals surface area contributed by atoms with E-state index in [1.165, 1.54) is 0 Å². The van der Waals surface area contributed by atoms with Gasteiger partial charge in [0.15, 0.2) is 0 Å². The molecule has 44 valence electrons. The second-order valence-corrected chi connectivity index (χ2v) is 0.934. The summed E-state index contributed by atoms with van der Waals surface area (Å²) in [6, 6.07) is 0. The lowest BCUT2D eigenvalue weighted by molar-refractivity contribution is 0.0692. The molecule has 7 heavy (non-hydrogen) atoms. The van der Waals surface area contributed by atoms with Crippen molar-refractivity contribution >= 4 is 0 Å². The van der Waals surface area contributed by atoms with E-state index in [9.17, 15) is 4.39 Å². The van der Waals surface area contributed by atoms with E-state index in [-0.39, 0.29) is 0 Å². The van der Waals surface area contributed by atoms with E-state index in [0.29, 0.717) is 14.0 Å². The summed E-state index contributed by atoms with van der Waals surface area (Å²) in [5.74, 6) is 0. The highest BCUT2D eigenvalue weighted by atomic mass is 19.1. The molecule has 1 heterocycles. The molecular weight excluding hydrogens is 99.0 g/mol. The van der Waals surface area contributed by atoms with Crippen molar-refractivity contribution in [3.05, 3.63) is 0 Å². The van der Waals surface area contributed by atoms with E-state index >= 15 is 0 Å². The normalized spacial score (nSPS) is 18.0. The highest BCUT2D eigenvalue weighted by Crippen LogP contribution is 1.85. The molecule has 0 amide bonds. The molecule has 0 N–H and O–H groups in total. The minimum Gasteiger partial charge on any atom is -0.353 e. The Bertz CT molecular complexity index is 21.3. The summed E-state index contributed by atoms with van der Waals surface area (Å²) in [5, 5.41) is 0. The molecule has 0 aromatic heterocycles. The molecule has 0 radical (unpaired) electrons. The van der Waals surface area contributed by atoms with Gasteiger partial charge in [-0.05, 0) is 0 Å². The van der Waals surface area contributed by atoms with Gasteiger partial charge in [-0.15, -0.1) is 0 Å². The zero-order valence-corrected chi connectivity index (χ0v) is 4.32. The minimum absolute atomic E-state index is 0.500. The van der Waals surface area contributed by atoms with Crippen LogP contribution in [0.3, 0.4) is 0 Å². The first-order valence-electron chi connectivity index (χ1n) is 2.03. The maximum Gasteiger partial charge on any atom is 0.146 e. The van der Waals surface area contributed by atoms with Crippen molar-refractivity contribution in [1.82, 2.24) is 0 Å². The second kappa shape index (κ2) is 5.85. The van der Waals surface area contributed by atoms with Gasteiger partial charge in [0.25, 0.3) is 0 Å². The molecule has 1 saturated heterocycles. The number of halogens is 1. The Hall–Kier alpha value is -0.150. The van der Waals surface area contributed by atoms with Crippen molar-refractivity contribution in [2.24, 2.45) is 0 Å². The fraction of sp³-hybridized carbons (Fsp3) is 1.00. The zero-order chi connectivity index (χ0) is 5.54.